The fourth-order valence-electron chi connectivity index (χ4n) is 7.28. The van der Waals surface area contributed by atoms with Crippen molar-refractivity contribution in [2.45, 2.75) is 70.5 Å². The van der Waals surface area contributed by atoms with Crippen LogP contribution in [0.15, 0.2) is 11.6 Å². The Kier molecular flexibility index (Phi) is 4.04. The van der Waals surface area contributed by atoms with Crippen LogP contribution < -0.4 is 0 Å². The van der Waals surface area contributed by atoms with E-state index in [2.05, 4.69) is 6.92 Å². The van der Waals surface area contributed by atoms with Gasteiger partial charge in [0, 0.05) is 11.8 Å². The largest absolute Gasteiger partial charge is 0.393 e. The number of rotatable bonds is 2. The molecule has 0 aromatic carbocycles. The van der Waals surface area contributed by atoms with Crippen molar-refractivity contribution < 1.29 is 24.9 Å². The van der Waals surface area contributed by atoms with E-state index in [4.69, 9.17) is 0 Å². The molecule has 0 spiro atoms. The third kappa shape index (κ3) is 2.14. The zero-order valence-electron chi connectivity index (χ0n) is 15.7. The summed E-state index contributed by atoms with van der Waals surface area (Å²) in [5.74, 6) is 0.140. The summed E-state index contributed by atoms with van der Waals surface area (Å²) in [5, 5.41) is 31.7. The van der Waals surface area contributed by atoms with Crippen molar-refractivity contribution in [3.63, 3.8) is 0 Å². The van der Waals surface area contributed by atoms with E-state index in [-0.39, 0.29) is 29.0 Å². The minimum absolute atomic E-state index is 0.0697. The molecule has 5 heteroatoms. The molecule has 144 valence electrons. The molecule has 0 bridgehead atoms. The normalized spacial score (nSPS) is 50.5. The van der Waals surface area contributed by atoms with Crippen molar-refractivity contribution >= 4 is 11.6 Å². The van der Waals surface area contributed by atoms with Gasteiger partial charge in [0.1, 0.15) is 12.2 Å². The van der Waals surface area contributed by atoms with Crippen LogP contribution in [0.25, 0.3) is 0 Å². The number of ketones is 2. The van der Waals surface area contributed by atoms with Gasteiger partial charge in [0.15, 0.2) is 11.6 Å². The molecule has 3 saturated carbocycles. The minimum Gasteiger partial charge on any atom is -0.393 e. The molecule has 0 saturated heterocycles. The molecule has 3 fully saturated rings. The SMILES string of the molecule is C[C@]12CCC(=O)C=C1CC[C@@H]1[C@@H]2[C@H](O)C[C@@]2(C)[C@@H]1CC[C@@]2(O)C(=O)CO. The second-order valence-corrected chi connectivity index (χ2v) is 9.56. The van der Waals surface area contributed by atoms with Crippen LogP contribution in [0, 0.1) is 28.6 Å². The zero-order valence-corrected chi connectivity index (χ0v) is 15.7. The number of allylic oxidation sites excluding steroid dienone is 1. The first kappa shape index (κ1) is 18.3. The molecule has 0 aliphatic heterocycles. The molecule has 4 aliphatic rings. The maximum absolute atomic E-state index is 12.4. The molecule has 0 amide bonds. The summed E-state index contributed by atoms with van der Waals surface area (Å²) in [6.45, 7) is 3.46. The quantitative estimate of drug-likeness (QED) is 0.696. The fourth-order valence-corrected chi connectivity index (χ4v) is 7.28. The summed E-state index contributed by atoms with van der Waals surface area (Å²) in [4.78, 5) is 24.3. The Balaban J connectivity index is 1.74. The molecule has 7 atom stereocenters. The summed E-state index contributed by atoms with van der Waals surface area (Å²) in [6, 6.07) is 0. The van der Waals surface area contributed by atoms with Crippen LogP contribution in [0.4, 0.5) is 0 Å². The van der Waals surface area contributed by atoms with Crippen LogP contribution in [0.5, 0.6) is 0 Å². The Hall–Kier alpha value is -1.04. The molecular weight excluding hydrogens is 332 g/mol. The molecule has 0 unspecified atom stereocenters. The number of carbonyl (C=O) groups is 2. The van der Waals surface area contributed by atoms with Crippen LogP contribution in [0.3, 0.4) is 0 Å². The lowest BCUT2D eigenvalue weighted by Gasteiger charge is -2.60. The van der Waals surface area contributed by atoms with Gasteiger partial charge in [-0.25, -0.2) is 0 Å². The van der Waals surface area contributed by atoms with Crippen molar-refractivity contribution in [2.24, 2.45) is 28.6 Å². The fraction of sp³-hybridized carbons (Fsp3) is 0.810. The zero-order chi connectivity index (χ0) is 18.9. The van der Waals surface area contributed by atoms with Crippen LogP contribution in [0.1, 0.15) is 58.8 Å². The molecule has 3 N–H and O–H groups in total. The summed E-state index contributed by atoms with van der Waals surface area (Å²) in [5.41, 5.74) is -1.23. The van der Waals surface area contributed by atoms with E-state index in [1.54, 1.807) is 6.08 Å². The average molecular weight is 362 g/mol. The Morgan fingerprint density at radius 1 is 1.23 bits per heavy atom. The van der Waals surface area contributed by atoms with Gasteiger partial charge in [-0.05, 0) is 67.8 Å². The lowest BCUT2D eigenvalue weighted by Crippen LogP contribution is -2.62. The summed E-state index contributed by atoms with van der Waals surface area (Å²) >= 11 is 0. The van der Waals surface area contributed by atoms with Crippen molar-refractivity contribution in [3.8, 4) is 0 Å². The third-order valence-corrected chi connectivity index (χ3v) is 8.65. The second kappa shape index (κ2) is 5.73. The first-order chi connectivity index (χ1) is 12.2. The lowest BCUT2D eigenvalue weighted by molar-refractivity contribution is -0.182. The molecule has 5 nitrogen and oxygen atoms in total. The van der Waals surface area contributed by atoms with Gasteiger partial charge in [-0.2, -0.15) is 0 Å². The molecule has 4 rings (SSSR count). The van der Waals surface area contributed by atoms with E-state index >= 15 is 0 Å². The Labute approximate surface area is 154 Å². The topological polar surface area (TPSA) is 94.8 Å². The van der Waals surface area contributed by atoms with E-state index in [0.29, 0.717) is 19.3 Å². The van der Waals surface area contributed by atoms with Crippen LogP contribution >= 0.6 is 0 Å². The number of hydrogen-bond acceptors (Lipinski definition) is 5. The molecule has 0 aromatic rings. The van der Waals surface area contributed by atoms with E-state index < -0.39 is 29.5 Å². The highest BCUT2D eigenvalue weighted by atomic mass is 16.3. The second-order valence-electron chi connectivity index (χ2n) is 9.56. The standard InChI is InChI=1S/C21H30O5/c1-19-7-5-13(23)9-12(19)3-4-14-15-6-8-21(26,17(25)11-22)20(15,2)10-16(24)18(14)19/h9,14-16,18,22,24,26H,3-8,10-11H2,1-2H3/t14-,15+,16+,18+,19-,20-,21+/m0/s1. The maximum atomic E-state index is 12.4. The minimum atomic E-state index is -1.54. The summed E-state index contributed by atoms with van der Waals surface area (Å²) in [6.07, 6.45) is 5.74. The van der Waals surface area contributed by atoms with Crippen molar-refractivity contribution in [3.05, 3.63) is 11.6 Å². The summed E-state index contributed by atoms with van der Waals surface area (Å²) < 4.78 is 0. The smallest absolute Gasteiger partial charge is 0.190 e. The van der Waals surface area contributed by atoms with Gasteiger partial charge >= 0.3 is 0 Å². The molecule has 0 radical (unpaired) electrons. The highest BCUT2D eigenvalue weighted by molar-refractivity contribution is 5.91. The van der Waals surface area contributed by atoms with Crippen molar-refractivity contribution in [2.75, 3.05) is 6.61 Å². The first-order valence-corrected chi connectivity index (χ1v) is 9.96. The predicted octanol–water partition coefficient (Wildman–Crippen LogP) is 1.78. The van der Waals surface area contributed by atoms with Gasteiger partial charge in [0.25, 0.3) is 0 Å². The van der Waals surface area contributed by atoms with Crippen molar-refractivity contribution in [1.82, 2.24) is 0 Å². The van der Waals surface area contributed by atoms with Gasteiger partial charge in [0.2, 0.25) is 0 Å². The van der Waals surface area contributed by atoms with E-state index in [0.717, 1.165) is 25.7 Å². The van der Waals surface area contributed by atoms with Gasteiger partial charge < -0.3 is 15.3 Å². The van der Waals surface area contributed by atoms with Crippen molar-refractivity contribution in [1.29, 1.82) is 0 Å². The number of aliphatic hydroxyl groups excluding tert-OH is 2. The Morgan fingerprint density at radius 3 is 2.65 bits per heavy atom. The van der Waals surface area contributed by atoms with Crippen LogP contribution in [-0.2, 0) is 9.59 Å². The predicted molar refractivity (Wildman–Crippen MR) is 95.1 cm³/mol. The maximum Gasteiger partial charge on any atom is 0.190 e. The highest BCUT2D eigenvalue weighted by Gasteiger charge is 2.68. The van der Waals surface area contributed by atoms with Crippen LogP contribution in [-0.4, -0.2) is 45.2 Å². The van der Waals surface area contributed by atoms with Gasteiger partial charge in [-0.15, -0.1) is 0 Å². The molecule has 26 heavy (non-hydrogen) atoms. The average Bonchev–Trinajstić information content (AvgIpc) is 2.86. The number of Topliss-reactive ketones (excluding diaryl/α,β-unsaturated/α-hetero) is 1. The van der Waals surface area contributed by atoms with E-state index in [9.17, 15) is 24.9 Å². The lowest BCUT2D eigenvalue weighted by atomic mass is 9.45. The first-order valence-electron chi connectivity index (χ1n) is 9.96. The van der Waals surface area contributed by atoms with Gasteiger partial charge in [0.05, 0.1) is 6.10 Å². The summed E-state index contributed by atoms with van der Waals surface area (Å²) in [7, 11) is 0. The number of aliphatic hydroxyl groups is 3. The van der Waals surface area contributed by atoms with E-state index in [1.165, 1.54) is 5.57 Å². The third-order valence-electron chi connectivity index (χ3n) is 8.65. The molecule has 4 aliphatic carbocycles. The number of carbonyl (C=O) groups excluding carboxylic acids is 2. The molecule has 0 heterocycles. The highest BCUT2D eigenvalue weighted by Crippen LogP contribution is 2.67. The Morgan fingerprint density at radius 2 is 1.96 bits per heavy atom. The molecular formula is C21H30O5. The van der Waals surface area contributed by atoms with Crippen LogP contribution in [0.2, 0.25) is 0 Å². The van der Waals surface area contributed by atoms with Gasteiger partial charge in [-0.3, -0.25) is 9.59 Å². The van der Waals surface area contributed by atoms with Gasteiger partial charge in [-0.1, -0.05) is 19.4 Å². The monoisotopic (exact) mass is 362 g/mol. The van der Waals surface area contributed by atoms with E-state index in [1.807, 2.05) is 6.92 Å². The number of fused-ring (bicyclic) bond motifs is 5. The molecule has 0 aromatic heterocycles. The Bertz CT molecular complexity index is 684. The number of hydrogen-bond donors (Lipinski definition) is 3.